The Morgan fingerprint density at radius 3 is 2.72 bits per heavy atom. The minimum absolute atomic E-state index is 0.939. The zero-order chi connectivity index (χ0) is 12.8. The summed E-state index contributed by atoms with van der Waals surface area (Å²) < 4.78 is 1.12. The van der Waals surface area contributed by atoms with Gasteiger partial charge < -0.3 is 4.90 Å². The summed E-state index contributed by atoms with van der Waals surface area (Å²) in [4.78, 5) is 3.46. The zero-order valence-corrected chi connectivity index (χ0v) is 12.8. The highest BCUT2D eigenvalue weighted by Crippen LogP contribution is 2.14. The molecule has 1 heterocycles. The van der Waals surface area contributed by atoms with E-state index in [1.54, 1.807) is 0 Å². The lowest BCUT2D eigenvalue weighted by Crippen LogP contribution is -2.28. The predicted molar refractivity (Wildman–Crippen MR) is 85.8 cm³/mol. The summed E-state index contributed by atoms with van der Waals surface area (Å²) in [6.45, 7) is 2.05. The van der Waals surface area contributed by atoms with E-state index < -0.39 is 0 Å². The van der Waals surface area contributed by atoms with Gasteiger partial charge in [-0.25, -0.2) is 0 Å². The molecule has 0 unspecified atom stereocenters. The monoisotopic (exact) mass is 323 g/mol. The molecule has 1 aromatic rings. The van der Waals surface area contributed by atoms with E-state index >= 15 is 0 Å². The molecule has 1 saturated heterocycles. The highest BCUT2D eigenvalue weighted by Gasteiger charge is 2.11. The average Bonchev–Trinajstić information content (AvgIpc) is 2.57. The molecule has 0 amide bonds. The Morgan fingerprint density at radius 1 is 1.17 bits per heavy atom. The minimum Gasteiger partial charge on any atom is -0.362 e. The molecule has 0 aliphatic carbocycles. The molecule has 0 bridgehead atoms. The van der Waals surface area contributed by atoms with Gasteiger partial charge in [-0.3, -0.25) is 0 Å². The number of hydrogen-bond acceptors (Lipinski definition) is 1. The number of benzene rings is 1. The van der Waals surface area contributed by atoms with Crippen LogP contribution in [0.15, 0.2) is 34.8 Å². The smallest absolute Gasteiger partial charge is 0.0782 e. The summed E-state index contributed by atoms with van der Waals surface area (Å²) in [5.41, 5.74) is 1.24. The quantitative estimate of drug-likeness (QED) is 0.744. The molecule has 18 heavy (non-hydrogen) atoms. The van der Waals surface area contributed by atoms with Gasteiger partial charge in [0.1, 0.15) is 0 Å². The third-order valence-electron chi connectivity index (χ3n) is 3.18. The third kappa shape index (κ3) is 4.21. The van der Waals surface area contributed by atoms with Crippen molar-refractivity contribution in [1.29, 1.82) is 0 Å². The normalized spacial score (nSPS) is 17.2. The van der Waals surface area contributed by atoms with Gasteiger partial charge in [0.2, 0.25) is 0 Å². The van der Waals surface area contributed by atoms with E-state index in [-0.39, 0.29) is 0 Å². The summed E-state index contributed by atoms with van der Waals surface area (Å²) in [6.07, 6.45) is 9.30. The Morgan fingerprint density at radius 2 is 1.94 bits per heavy atom. The van der Waals surface area contributed by atoms with Crippen LogP contribution in [0, 0.1) is 0 Å². The Kier molecular flexibility index (Phi) is 5.39. The average molecular weight is 324 g/mol. The van der Waals surface area contributed by atoms with Gasteiger partial charge in [-0.1, -0.05) is 58.9 Å². The van der Waals surface area contributed by atoms with Crippen LogP contribution in [-0.4, -0.2) is 23.0 Å². The Balaban J connectivity index is 1.89. The zero-order valence-electron chi connectivity index (χ0n) is 10.4. The predicted octanol–water partition coefficient (Wildman–Crippen LogP) is 4.67. The second kappa shape index (κ2) is 7.05. The second-order valence-electron chi connectivity index (χ2n) is 4.60. The van der Waals surface area contributed by atoms with Crippen molar-refractivity contribution in [3.05, 3.63) is 40.4 Å². The fraction of sp³-hybridized carbons (Fsp3) is 0.400. The molecule has 1 aromatic carbocycles. The molecule has 0 atom stereocenters. The van der Waals surface area contributed by atoms with Crippen molar-refractivity contribution in [1.82, 2.24) is 4.90 Å². The van der Waals surface area contributed by atoms with Crippen LogP contribution in [0.1, 0.15) is 31.2 Å². The summed E-state index contributed by atoms with van der Waals surface area (Å²) in [6, 6.07) is 8.36. The summed E-state index contributed by atoms with van der Waals surface area (Å²) in [5, 5.41) is 0. The van der Waals surface area contributed by atoms with Crippen LogP contribution in [0.4, 0.5) is 0 Å². The molecule has 96 valence electrons. The van der Waals surface area contributed by atoms with Gasteiger partial charge in [0.05, 0.1) is 4.99 Å². The first-order chi connectivity index (χ1) is 8.75. The van der Waals surface area contributed by atoms with Crippen molar-refractivity contribution in [2.24, 2.45) is 0 Å². The van der Waals surface area contributed by atoms with Crippen molar-refractivity contribution in [3.8, 4) is 0 Å². The number of thiocarbonyl (C=S) groups is 1. The van der Waals surface area contributed by atoms with Crippen LogP contribution in [-0.2, 0) is 0 Å². The first-order valence-electron chi connectivity index (χ1n) is 6.45. The summed E-state index contributed by atoms with van der Waals surface area (Å²) >= 11 is 8.89. The van der Waals surface area contributed by atoms with Gasteiger partial charge in [0.15, 0.2) is 0 Å². The van der Waals surface area contributed by atoms with E-state index in [1.165, 1.54) is 24.8 Å². The fourth-order valence-corrected chi connectivity index (χ4v) is 2.70. The van der Waals surface area contributed by atoms with Crippen LogP contribution in [0.3, 0.4) is 0 Å². The Hall–Kier alpha value is -0.670. The van der Waals surface area contributed by atoms with E-state index in [1.807, 2.05) is 0 Å². The molecule has 1 aliphatic rings. The summed E-state index contributed by atoms with van der Waals surface area (Å²) in [5.74, 6) is 0. The number of halogens is 1. The van der Waals surface area contributed by atoms with Crippen molar-refractivity contribution >= 4 is 39.2 Å². The molecule has 0 saturated carbocycles. The van der Waals surface area contributed by atoms with Crippen LogP contribution in [0.5, 0.6) is 0 Å². The maximum absolute atomic E-state index is 5.45. The number of likely N-dealkylation sites (tertiary alicyclic amines) is 1. The lowest BCUT2D eigenvalue weighted by molar-refractivity contribution is 0.462. The molecule has 2 rings (SSSR count). The van der Waals surface area contributed by atoms with Gasteiger partial charge in [0.25, 0.3) is 0 Å². The van der Waals surface area contributed by atoms with Gasteiger partial charge in [-0.2, -0.15) is 0 Å². The molecular weight excluding hydrogens is 306 g/mol. The molecular formula is C15H18BrNS. The standard InChI is InChI=1S/C15H18BrNS/c16-14-9-7-13(8-10-14)5-4-12-17-11-3-1-2-6-15(17)18/h4-5,7-10H,1-3,6,11-12H2/b5-4+. The molecule has 0 spiro atoms. The van der Waals surface area contributed by atoms with Gasteiger partial charge in [-0.15, -0.1) is 0 Å². The van der Waals surface area contributed by atoms with Crippen LogP contribution < -0.4 is 0 Å². The number of hydrogen-bond donors (Lipinski definition) is 0. The number of nitrogens with zero attached hydrogens (tertiary/aromatic N) is 1. The highest BCUT2D eigenvalue weighted by atomic mass is 79.9. The summed E-state index contributed by atoms with van der Waals surface area (Å²) in [7, 11) is 0. The topological polar surface area (TPSA) is 3.24 Å². The molecule has 3 heteroatoms. The van der Waals surface area contributed by atoms with E-state index in [0.29, 0.717) is 0 Å². The lowest BCUT2D eigenvalue weighted by Gasteiger charge is -2.21. The van der Waals surface area contributed by atoms with Crippen molar-refractivity contribution in [3.63, 3.8) is 0 Å². The second-order valence-corrected chi connectivity index (χ2v) is 5.99. The third-order valence-corrected chi connectivity index (χ3v) is 4.17. The van der Waals surface area contributed by atoms with E-state index in [0.717, 1.165) is 29.0 Å². The van der Waals surface area contributed by atoms with Gasteiger partial charge in [-0.05, 0) is 37.0 Å². The lowest BCUT2D eigenvalue weighted by atomic mass is 10.2. The van der Waals surface area contributed by atoms with E-state index in [4.69, 9.17) is 12.2 Å². The molecule has 0 N–H and O–H groups in total. The largest absolute Gasteiger partial charge is 0.362 e. The maximum Gasteiger partial charge on any atom is 0.0782 e. The first-order valence-corrected chi connectivity index (χ1v) is 7.66. The fourth-order valence-electron chi connectivity index (χ4n) is 2.12. The first kappa shape index (κ1) is 13.8. The highest BCUT2D eigenvalue weighted by molar-refractivity contribution is 9.10. The minimum atomic E-state index is 0.939. The van der Waals surface area contributed by atoms with Crippen molar-refractivity contribution in [2.75, 3.05) is 13.1 Å². The van der Waals surface area contributed by atoms with E-state index in [2.05, 4.69) is 57.2 Å². The molecule has 1 fully saturated rings. The molecule has 1 nitrogen and oxygen atoms in total. The van der Waals surface area contributed by atoms with Crippen molar-refractivity contribution in [2.45, 2.75) is 25.7 Å². The maximum atomic E-state index is 5.45. The molecule has 1 aliphatic heterocycles. The van der Waals surface area contributed by atoms with Gasteiger partial charge in [0, 0.05) is 17.6 Å². The van der Waals surface area contributed by atoms with Gasteiger partial charge >= 0.3 is 0 Å². The molecule has 0 radical (unpaired) electrons. The Bertz CT molecular complexity index is 425. The van der Waals surface area contributed by atoms with Crippen LogP contribution in [0.2, 0.25) is 0 Å². The van der Waals surface area contributed by atoms with Crippen LogP contribution in [0.25, 0.3) is 6.08 Å². The van der Waals surface area contributed by atoms with E-state index in [9.17, 15) is 0 Å². The number of rotatable bonds is 3. The SMILES string of the molecule is S=C1CCCCCN1C/C=C/c1ccc(Br)cc1. The Labute approximate surface area is 123 Å². The molecule has 0 aromatic heterocycles. The van der Waals surface area contributed by atoms with Crippen LogP contribution >= 0.6 is 28.1 Å². The van der Waals surface area contributed by atoms with Crippen molar-refractivity contribution < 1.29 is 0 Å².